The number of imidazole rings is 2. The lowest BCUT2D eigenvalue weighted by Gasteiger charge is -2.38. The van der Waals surface area contributed by atoms with Gasteiger partial charge in [0, 0.05) is 50.2 Å². The molecule has 0 amide bonds. The highest BCUT2D eigenvalue weighted by Crippen LogP contribution is 2.30. The van der Waals surface area contributed by atoms with Crippen molar-refractivity contribution in [3.63, 3.8) is 0 Å². The molecule has 3 heterocycles. The van der Waals surface area contributed by atoms with E-state index in [1.54, 1.807) is 18.7 Å². The van der Waals surface area contributed by atoms with Crippen LogP contribution in [0.15, 0.2) is 36.9 Å². The quantitative estimate of drug-likeness (QED) is 0.765. The first-order valence-electron chi connectivity index (χ1n) is 8.92. The average molecular weight is 372 g/mol. The summed E-state index contributed by atoms with van der Waals surface area (Å²) in [5.74, 6) is -1.11. The van der Waals surface area contributed by atoms with Gasteiger partial charge in [0.15, 0.2) is 17.5 Å². The minimum absolute atomic E-state index is 0.324. The zero-order chi connectivity index (χ0) is 19.0. The number of nitrogens with zero attached hydrogens (tertiary/aromatic N) is 5. The fourth-order valence-electron chi connectivity index (χ4n) is 3.54. The van der Waals surface area contributed by atoms with Gasteiger partial charge in [-0.3, -0.25) is 4.90 Å². The minimum Gasteiger partial charge on any atom is -0.343 e. The second-order valence-electron chi connectivity index (χ2n) is 7.06. The number of hydrogen-bond acceptors (Lipinski definition) is 4. The highest BCUT2D eigenvalue weighted by atomic mass is 19.2. The molecule has 0 aliphatic carbocycles. The summed E-state index contributed by atoms with van der Waals surface area (Å²) in [6.07, 6.45) is 5.15. The van der Waals surface area contributed by atoms with Gasteiger partial charge in [-0.1, -0.05) is 0 Å². The van der Waals surface area contributed by atoms with Crippen LogP contribution in [0.1, 0.15) is 0 Å². The Morgan fingerprint density at radius 3 is 2.74 bits per heavy atom. The Bertz CT molecular complexity index is 920. The summed E-state index contributed by atoms with van der Waals surface area (Å²) >= 11 is 0. The summed E-state index contributed by atoms with van der Waals surface area (Å²) in [5, 5.41) is 0. The van der Waals surface area contributed by atoms with Gasteiger partial charge in [-0.05, 0) is 32.3 Å². The van der Waals surface area contributed by atoms with Crippen molar-refractivity contribution in [1.82, 2.24) is 29.3 Å². The van der Waals surface area contributed by atoms with Gasteiger partial charge in [0.05, 0.1) is 12.0 Å². The number of piperazine rings is 1. The first-order valence-corrected chi connectivity index (χ1v) is 8.92. The molecule has 0 radical (unpaired) electrons. The molecule has 1 unspecified atom stereocenters. The predicted octanol–water partition coefficient (Wildman–Crippen LogP) is 2.46. The molecule has 1 fully saturated rings. The number of rotatable bonds is 4. The van der Waals surface area contributed by atoms with E-state index in [-0.39, 0.29) is 0 Å². The summed E-state index contributed by atoms with van der Waals surface area (Å²) in [4.78, 5) is 16.6. The third-order valence-corrected chi connectivity index (χ3v) is 5.14. The second kappa shape index (κ2) is 7.21. The predicted molar refractivity (Wildman–Crippen MR) is 99.1 cm³/mol. The molecular weight excluding hydrogens is 350 g/mol. The fourth-order valence-corrected chi connectivity index (χ4v) is 3.54. The van der Waals surface area contributed by atoms with Gasteiger partial charge in [-0.25, -0.2) is 18.7 Å². The molecule has 1 atom stereocenters. The Morgan fingerprint density at radius 2 is 2.00 bits per heavy atom. The van der Waals surface area contributed by atoms with Crippen molar-refractivity contribution in [2.75, 3.05) is 33.7 Å². The molecule has 1 aliphatic rings. The molecule has 0 bridgehead atoms. The summed E-state index contributed by atoms with van der Waals surface area (Å²) in [7, 11) is 4.24. The molecule has 3 aromatic rings. The van der Waals surface area contributed by atoms with Crippen molar-refractivity contribution in [3.8, 4) is 22.8 Å². The molecule has 27 heavy (non-hydrogen) atoms. The van der Waals surface area contributed by atoms with E-state index in [0.29, 0.717) is 23.1 Å². The largest absolute Gasteiger partial charge is 0.343 e. The molecule has 1 aromatic carbocycles. The molecule has 4 rings (SSSR count). The Labute approximate surface area is 156 Å². The van der Waals surface area contributed by atoms with E-state index in [2.05, 4.69) is 38.8 Å². The van der Waals surface area contributed by atoms with E-state index in [9.17, 15) is 8.78 Å². The van der Waals surface area contributed by atoms with Gasteiger partial charge in [-0.2, -0.15) is 0 Å². The first-order chi connectivity index (χ1) is 13.0. The van der Waals surface area contributed by atoms with E-state index in [1.807, 2.05) is 4.57 Å². The SMILES string of the molecule is CN1CCN(C)C(Cn2cnc(-c3ccc(F)c(F)c3)c2-c2ncc[nH]2)C1. The van der Waals surface area contributed by atoms with Crippen LogP contribution in [-0.4, -0.2) is 69.1 Å². The van der Waals surface area contributed by atoms with Gasteiger partial charge in [0.2, 0.25) is 0 Å². The molecule has 1 saturated heterocycles. The first kappa shape index (κ1) is 17.8. The molecular formula is C19H22F2N6. The number of hydrogen-bond donors (Lipinski definition) is 1. The van der Waals surface area contributed by atoms with Crippen molar-refractivity contribution in [3.05, 3.63) is 48.6 Å². The fraction of sp³-hybridized carbons (Fsp3) is 0.368. The number of halogens is 2. The number of nitrogens with one attached hydrogen (secondary N) is 1. The molecule has 2 aromatic heterocycles. The number of likely N-dealkylation sites (N-methyl/N-ethyl adjacent to an activating group) is 2. The van der Waals surface area contributed by atoms with E-state index >= 15 is 0 Å². The van der Waals surface area contributed by atoms with E-state index < -0.39 is 11.6 Å². The standard InChI is InChI=1S/C19H22F2N6/c1-25-7-8-26(2)14(10-25)11-27-12-24-17(18(27)19-22-5-6-23-19)13-3-4-15(20)16(21)9-13/h3-6,9,12,14H,7-8,10-11H2,1-2H3,(H,22,23). The summed E-state index contributed by atoms with van der Waals surface area (Å²) in [6.45, 7) is 3.73. The third kappa shape index (κ3) is 3.50. The van der Waals surface area contributed by atoms with Crippen molar-refractivity contribution in [2.45, 2.75) is 12.6 Å². The normalized spacial score (nSPS) is 18.9. The van der Waals surface area contributed by atoms with Crippen LogP contribution in [0.4, 0.5) is 8.78 Å². The lowest BCUT2D eigenvalue weighted by molar-refractivity contribution is 0.103. The maximum atomic E-state index is 13.8. The van der Waals surface area contributed by atoms with Crippen LogP contribution in [0.5, 0.6) is 0 Å². The van der Waals surface area contributed by atoms with Gasteiger partial charge in [-0.15, -0.1) is 0 Å². The molecule has 1 aliphatic heterocycles. The lowest BCUT2D eigenvalue weighted by atomic mass is 10.1. The van der Waals surface area contributed by atoms with E-state index in [0.717, 1.165) is 37.9 Å². The minimum atomic E-state index is -0.888. The lowest BCUT2D eigenvalue weighted by Crippen LogP contribution is -2.51. The van der Waals surface area contributed by atoms with Gasteiger partial charge in [0.1, 0.15) is 5.69 Å². The molecule has 142 valence electrons. The molecule has 0 saturated carbocycles. The summed E-state index contributed by atoms with van der Waals surface area (Å²) in [6, 6.07) is 4.16. The van der Waals surface area contributed by atoms with Crippen LogP contribution in [0.2, 0.25) is 0 Å². The number of aromatic amines is 1. The van der Waals surface area contributed by atoms with Crippen LogP contribution >= 0.6 is 0 Å². The van der Waals surface area contributed by atoms with Gasteiger partial charge in [0.25, 0.3) is 0 Å². The maximum Gasteiger partial charge on any atom is 0.159 e. The van der Waals surface area contributed by atoms with Crippen LogP contribution in [0, 0.1) is 11.6 Å². The van der Waals surface area contributed by atoms with Crippen molar-refractivity contribution in [1.29, 1.82) is 0 Å². The van der Waals surface area contributed by atoms with Crippen LogP contribution < -0.4 is 0 Å². The molecule has 6 nitrogen and oxygen atoms in total. The molecule has 8 heteroatoms. The number of aromatic nitrogens is 4. The van der Waals surface area contributed by atoms with Crippen molar-refractivity contribution >= 4 is 0 Å². The molecule has 0 spiro atoms. The Balaban J connectivity index is 1.74. The van der Waals surface area contributed by atoms with E-state index in [1.165, 1.54) is 12.1 Å². The van der Waals surface area contributed by atoms with Crippen molar-refractivity contribution < 1.29 is 8.78 Å². The highest BCUT2D eigenvalue weighted by Gasteiger charge is 2.25. The topological polar surface area (TPSA) is 53.0 Å². The zero-order valence-corrected chi connectivity index (χ0v) is 15.4. The molecule has 1 N–H and O–H groups in total. The third-order valence-electron chi connectivity index (χ3n) is 5.14. The van der Waals surface area contributed by atoms with Crippen LogP contribution in [0.3, 0.4) is 0 Å². The number of benzene rings is 1. The van der Waals surface area contributed by atoms with Gasteiger partial charge < -0.3 is 14.5 Å². The Morgan fingerprint density at radius 1 is 1.15 bits per heavy atom. The van der Waals surface area contributed by atoms with Crippen molar-refractivity contribution in [2.24, 2.45) is 0 Å². The maximum absolute atomic E-state index is 13.8. The second-order valence-corrected chi connectivity index (χ2v) is 7.06. The van der Waals surface area contributed by atoms with E-state index in [4.69, 9.17) is 0 Å². The smallest absolute Gasteiger partial charge is 0.159 e. The van der Waals surface area contributed by atoms with Crippen LogP contribution in [0.25, 0.3) is 22.8 Å². The Hall–Kier alpha value is -2.58. The monoisotopic (exact) mass is 372 g/mol. The summed E-state index contributed by atoms with van der Waals surface area (Å²) in [5.41, 5.74) is 1.87. The van der Waals surface area contributed by atoms with Gasteiger partial charge >= 0.3 is 0 Å². The number of H-pyrrole nitrogens is 1. The Kier molecular flexibility index (Phi) is 4.75. The summed E-state index contributed by atoms with van der Waals surface area (Å²) < 4.78 is 29.2. The highest BCUT2D eigenvalue weighted by molar-refractivity contribution is 5.75. The zero-order valence-electron chi connectivity index (χ0n) is 15.4. The van der Waals surface area contributed by atoms with Crippen LogP contribution in [-0.2, 0) is 6.54 Å². The average Bonchev–Trinajstić information content (AvgIpc) is 3.30.